The summed E-state index contributed by atoms with van der Waals surface area (Å²) in [6, 6.07) is 7.69. The third kappa shape index (κ3) is 0.785. The largest absolute Gasteiger partial charge is 0.282 e. The lowest BCUT2D eigenvalue weighted by molar-refractivity contribution is 1.07. The Morgan fingerprint density at radius 1 is 1.50 bits per heavy atom. The van der Waals surface area contributed by atoms with Gasteiger partial charge in [0.1, 0.15) is 11.6 Å². The molecule has 0 saturated heterocycles. The van der Waals surface area contributed by atoms with Crippen molar-refractivity contribution in [2.75, 3.05) is 0 Å². The first-order valence-electron chi connectivity index (χ1n) is 3.66. The van der Waals surface area contributed by atoms with Gasteiger partial charge in [0.05, 0.1) is 5.56 Å². The molecule has 1 N–H and O–H groups in total. The highest BCUT2D eigenvalue weighted by Gasteiger charge is 2.04. The molecule has 0 unspecified atom stereocenters. The second kappa shape index (κ2) is 2.35. The third-order valence-electron chi connectivity index (χ3n) is 1.90. The number of nitrogens with zero attached hydrogens (tertiary/aromatic N) is 2. The van der Waals surface area contributed by atoms with Crippen LogP contribution in [0.3, 0.4) is 0 Å². The van der Waals surface area contributed by atoms with Gasteiger partial charge in [-0.1, -0.05) is 12.1 Å². The van der Waals surface area contributed by atoms with Gasteiger partial charge in [-0.15, -0.1) is 0 Å². The lowest BCUT2D eigenvalue weighted by atomic mass is 10.1. The van der Waals surface area contributed by atoms with E-state index in [4.69, 9.17) is 5.26 Å². The molecule has 0 atom stereocenters. The summed E-state index contributed by atoms with van der Waals surface area (Å²) in [7, 11) is 0. The minimum atomic E-state index is 0.622. The first-order valence-corrected chi connectivity index (χ1v) is 3.66. The number of para-hydroxylation sites is 1. The van der Waals surface area contributed by atoms with Gasteiger partial charge in [-0.25, -0.2) is 0 Å². The van der Waals surface area contributed by atoms with Crippen LogP contribution in [0.1, 0.15) is 11.3 Å². The van der Waals surface area contributed by atoms with Gasteiger partial charge in [0.25, 0.3) is 0 Å². The van der Waals surface area contributed by atoms with Crippen LogP contribution in [0.2, 0.25) is 0 Å². The van der Waals surface area contributed by atoms with E-state index in [2.05, 4.69) is 16.3 Å². The summed E-state index contributed by atoms with van der Waals surface area (Å²) in [6.07, 6.45) is 0. The lowest BCUT2D eigenvalue weighted by Gasteiger charge is -1.89. The van der Waals surface area contributed by atoms with Crippen molar-refractivity contribution in [3.8, 4) is 6.07 Å². The molecule has 12 heavy (non-hydrogen) atoms. The van der Waals surface area contributed by atoms with Crippen LogP contribution in [0.5, 0.6) is 0 Å². The minimum absolute atomic E-state index is 0.622. The summed E-state index contributed by atoms with van der Waals surface area (Å²) in [6.45, 7) is 1.94. The second-order valence-electron chi connectivity index (χ2n) is 2.66. The number of aromatic nitrogens is 2. The molecule has 0 aliphatic heterocycles. The van der Waals surface area contributed by atoms with E-state index in [1.165, 1.54) is 0 Å². The van der Waals surface area contributed by atoms with Crippen molar-refractivity contribution >= 4 is 10.9 Å². The molecular formula is C9H7N3. The van der Waals surface area contributed by atoms with Crippen LogP contribution in [0.25, 0.3) is 10.9 Å². The van der Waals surface area contributed by atoms with Crippen LogP contribution in [-0.4, -0.2) is 10.2 Å². The first kappa shape index (κ1) is 6.86. The highest BCUT2D eigenvalue weighted by atomic mass is 15.1. The Kier molecular flexibility index (Phi) is 1.34. The molecule has 2 aromatic rings. The van der Waals surface area contributed by atoms with E-state index in [0.717, 1.165) is 16.6 Å². The van der Waals surface area contributed by atoms with E-state index in [1.54, 1.807) is 6.07 Å². The number of H-pyrrole nitrogens is 1. The van der Waals surface area contributed by atoms with Crippen LogP contribution in [0.15, 0.2) is 18.2 Å². The summed E-state index contributed by atoms with van der Waals surface area (Å²) in [5.74, 6) is 0. The average molecular weight is 157 g/mol. The van der Waals surface area contributed by atoms with Crippen LogP contribution in [-0.2, 0) is 0 Å². The fraction of sp³-hybridized carbons (Fsp3) is 0.111. The third-order valence-corrected chi connectivity index (χ3v) is 1.90. The van der Waals surface area contributed by atoms with Gasteiger partial charge in [-0.05, 0) is 13.0 Å². The highest BCUT2D eigenvalue weighted by molar-refractivity contribution is 5.85. The van der Waals surface area contributed by atoms with Crippen molar-refractivity contribution in [1.29, 1.82) is 5.26 Å². The molecule has 0 saturated carbocycles. The standard InChI is InChI=1S/C9H7N3/c1-6-8-4-2-3-7(5-10)9(8)12-11-6/h2-4H,1H3,(H,11,12). The van der Waals surface area contributed by atoms with E-state index >= 15 is 0 Å². The van der Waals surface area contributed by atoms with Gasteiger partial charge in [-0.3, -0.25) is 5.10 Å². The van der Waals surface area contributed by atoms with E-state index in [-0.39, 0.29) is 0 Å². The number of hydrogen-bond acceptors (Lipinski definition) is 2. The lowest BCUT2D eigenvalue weighted by Crippen LogP contribution is -1.76. The van der Waals surface area contributed by atoms with Crippen LogP contribution >= 0.6 is 0 Å². The molecule has 0 spiro atoms. The molecule has 1 aromatic heterocycles. The summed E-state index contributed by atoms with van der Waals surface area (Å²) in [5.41, 5.74) is 2.39. The maximum Gasteiger partial charge on any atom is 0.110 e. The fourth-order valence-corrected chi connectivity index (χ4v) is 1.26. The number of aromatic amines is 1. The molecule has 1 aromatic carbocycles. The summed E-state index contributed by atoms with van der Waals surface area (Å²) >= 11 is 0. The summed E-state index contributed by atoms with van der Waals surface area (Å²) < 4.78 is 0. The van der Waals surface area contributed by atoms with Crippen LogP contribution in [0, 0.1) is 18.3 Å². The second-order valence-corrected chi connectivity index (χ2v) is 2.66. The van der Waals surface area contributed by atoms with Crippen LogP contribution in [0.4, 0.5) is 0 Å². The van der Waals surface area contributed by atoms with E-state index in [1.807, 2.05) is 19.1 Å². The van der Waals surface area contributed by atoms with E-state index in [9.17, 15) is 0 Å². The molecule has 0 amide bonds. The fourth-order valence-electron chi connectivity index (χ4n) is 1.26. The van der Waals surface area contributed by atoms with E-state index in [0.29, 0.717) is 5.56 Å². The van der Waals surface area contributed by atoms with Crippen molar-refractivity contribution in [3.63, 3.8) is 0 Å². The van der Waals surface area contributed by atoms with Gasteiger partial charge < -0.3 is 0 Å². The Labute approximate surface area is 69.6 Å². The molecule has 0 fully saturated rings. The number of rotatable bonds is 0. The predicted molar refractivity (Wildman–Crippen MR) is 45.5 cm³/mol. The van der Waals surface area contributed by atoms with Crippen molar-refractivity contribution in [1.82, 2.24) is 10.2 Å². The molecule has 1 heterocycles. The van der Waals surface area contributed by atoms with E-state index < -0.39 is 0 Å². The molecule has 0 radical (unpaired) electrons. The Morgan fingerprint density at radius 3 is 3.08 bits per heavy atom. The number of hydrogen-bond donors (Lipinski definition) is 1. The smallest absolute Gasteiger partial charge is 0.110 e. The molecule has 0 aliphatic carbocycles. The van der Waals surface area contributed by atoms with Crippen molar-refractivity contribution < 1.29 is 0 Å². The molecule has 3 heteroatoms. The number of nitriles is 1. The highest BCUT2D eigenvalue weighted by Crippen LogP contribution is 2.17. The summed E-state index contributed by atoms with van der Waals surface area (Å²) in [4.78, 5) is 0. The zero-order chi connectivity index (χ0) is 8.55. The number of benzene rings is 1. The monoisotopic (exact) mass is 157 g/mol. The SMILES string of the molecule is Cc1[nH]nc2c(C#N)cccc12. The number of nitrogens with one attached hydrogen (secondary N) is 1. The Hall–Kier alpha value is -1.82. The molecule has 2 rings (SSSR count). The molecule has 58 valence electrons. The predicted octanol–water partition coefficient (Wildman–Crippen LogP) is 1.74. The molecular weight excluding hydrogens is 150 g/mol. The molecule has 0 aliphatic rings. The number of aryl methyl sites for hydroxylation is 1. The Morgan fingerprint density at radius 2 is 2.33 bits per heavy atom. The van der Waals surface area contributed by atoms with Gasteiger partial charge in [-0.2, -0.15) is 10.4 Å². The van der Waals surface area contributed by atoms with Crippen molar-refractivity contribution in [3.05, 3.63) is 29.5 Å². The normalized spacial score (nSPS) is 10.0. The van der Waals surface area contributed by atoms with Crippen LogP contribution < -0.4 is 0 Å². The Balaban J connectivity index is 2.92. The number of fused-ring (bicyclic) bond motifs is 1. The zero-order valence-electron chi connectivity index (χ0n) is 6.63. The maximum absolute atomic E-state index is 8.74. The topological polar surface area (TPSA) is 52.5 Å². The van der Waals surface area contributed by atoms with Gasteiger partial charge in [0, 0.05) is 11.1 Å². The minimum Gasteiger partial charge on any atom is -0.282 e. The first-order chi connectivity index (χ1) is 5.83. The maximum atomic E-state index is 8.74. The van der Waals surface area contributed by atoms with Crippen molar-refractivity contribution in [2.24, 2.45) is 0 Å². The van der Waals surface area contributed by atoms with Gasteiger partial charge in [0.15, 0.2) is 0 Å². The average Bonchev–Trinajstić information content (AvgIpc) is 2.48. The van der Waals surface area contributed by atoms with Gasteiger partial charge >= 0.3 is 0 Å². The van der Waals surface area contributed by atoms with Crippen molar-refractivity contribution in [2.45, 2.75) is 6.92 Å². The molecule has 3 nitrogen and oxygen atoms in total. The summed E-state index contributed by atoms with van der Waals surface area (Å²) in [5, 5.41) is 16.7. The Bertz CT molecular complexity index is 462. The quantitative estimate of drug-likeness (QED) is 0.633. The molecule has 0 bridgehead atoms. The zero-order valence-corrected chi connectivity index (χ0v) is 6.63. The van der Waals surface area contributed by atoms with Gasteiger partial charge in [0.2, 0.25) is 0 Å².